The number of aromatic nitrogens is 2. The van der Waals surface area contributed by atoms with Crippen LogP contribution < -0.4 is 5.56 Å². The predicted octanol–water partition coefficient (Wildman–Crippen LogP) is 2.09. The molecule has 0 bridgehead atoms. The monoisotopic (exact) mass is 206 g/mol. The van der Waals surface area contributed by atoms with Crippen molar-refractivity contribution >= 4 is 11.6 Å². The molecular formula is C10H7ClN2O. The Morgan fingerprint density at radius 3 is 2.57 bits per heavy atom. The summed E-state index contributed by atoms with van der Waals surface area (Å²) >= 11 is 5.74. The molecule has 0 aliphatic rings. The Hall–Kier alpha value is -1.61. The number of hydrogen-bond donors (Lipinski definition) is 1. The zero-order chi connectivity index (χ0) is 9.97. The molecule has 1 aromatic carbocycles. The van der Waals surface area contributed by atoms with Crippen molar-refractivity contribution in [2.75, 3.05) is 0 Å². The highest BCUT2D eigenvalue weighted by molar-refractivity contribution is 6.30. The maximum absolute atomic E-state index is 11.0. The molecule has 0 aliphatic heterocycles. The van der Waals surface area contributed by atoms with Gasteiger partial charge in [0.05, 0.1) is 12.0 Å². The minimum absolute atomic E-state index is 0.162. The quantitative estimate of drug-likeness (QED) is 0.777. The van der Waals surface area contributed by atoms with Crippen LogP contribution >= 0.6 is 11.6 Å². The molecular weight excluding hydrogens is 200 g/mol. The van der Waals surface area contributed by atoms with Crippen LogP contribution in [0, 0.1) is 0 Å². The van der Waals surface area contributed by atoms with E-state index < -0.39 is 0 Å². The molecule has 1 heterocycles. The smallest absolute Gasteiger partial charge is 0.251 e. The molecule has 0 saturated carbocycles. The fourth-order valence-electron chi connectivity index (χ4n) is 1.15. The van der Waals surface area contributed by atoms with Gasteiger partial charge < -0.3 is 4.98 Å². The van der Waals surface area contributed by atoms with Gasteiger partial charge in [-0.25, -0.2) is 4.98 Å². The van der Waals surface area contributed by atoms with Crippen LogP contribution in [0.15, 0.2) is 41.5 Å². The molecule has 0 amide bonds. The number of rotatable bonds is 1. The summed E-state index contributed by atoms with van der Waals surface area (Å²) in [6.45, 7) is 0. The third kappa shape index (κ3) is 1.83. The van der Waals surface area contributed by atoms with E-state index in [-0.39, 0.29) is 5.56 Å². The van der Waals surface area contributed by atoms with Crippen molar-refractivity contribution in [3.8, 4) is 11.3 Å². The Morgan fingerprint density at radius 1 is 1.21 bits per heavy atom. The van der Waals surface area contributed by atoms with Crippen LogP contribution in [0.1, 0.15) is 0 Å². The maximum atomic E-state index is 11.0. The maximum Gasteiger partial charge on any atom is 0.251 e. The first-order valence-corrected chi connectivity index (χ1v) is 4.44. The number of nitrogens with zero attached hydrogens (tertiary/aromatic N) is 1. The molecule has 4 heteroatoms. The first-order valence-electron chi connectivity index (χ1n) is 4.06. The van der Waals surface area contributed by atoms with Gasteiger partial charge in [0.1, 0.15) is 0 Å². The van der Waals surface area contributed by atoms with Gasteiger partial charge in [-0.2, -0.15) is 0 Å². The minimum Gasteiger partial charge on any atom is -0.313 e. The van der Waals surface area contributed by atoms with Crippen LogP contribution in [0.5, 0.6) is 0 Å². The summed E-state index contributed by atoms with van der Waals surface area (Å²) in [5, 5.41) is 0.665. The van der Waals surface area contributed by atoms with E-state index >= 15 is 0 Å². The molecule has 0 fully saturated rings. The Labute approximate surface area is 85.4 Å². The van der Waals surface area contributed by atoms with E-state index in [4.69, 9.17) is 11.6 Å². The van der Waals surface area contributed by atoms with E-state index in [1.54, 1.807) is 12.1 Å². The van der Waals surface area contributed by atoms with Gasteiger partial charge in [-0.05, 0) is 12.1 Å². The number of H-pyrrole nitrogens is 1. The van der Waals surface area contributed by atoms with Gasteiger partial charge in [-0.15, -0.1) is 0 Å². The zero-order valence-corrected chi connectivity index (χ0v) is 7.95. The largest absolute Gasteiger partial charge is 0.313 e. The predicted molar refractivity (Wildman–Crippen MR) is 55.3 cm³/mol. The fourth-order valence-corrected chi connectivity index (χ4v) is 1.27. The lowest BCUT2D eigenvalue weighted by molar-refractivity contribution is 1.12. The molecule has 1 aromatic heterocycles. The zero-order valence-electron chi connectivity index (χ0n) is 7.20. The summed E-state index contributed by atoms with van der Waals surface area (Å²) in [7, 11) is 0. The molecule has 1 N–H and O–H groups in total. The fraction of sp³-hybridized carbons (Fsp3) is 0. The van der Waals surface area contributed by atoms with E-state index in [0.717, 1.165) is 5.56 Å². The van der Waals surface area contributed by atoms with E-state index in [1.165, 1.54) is 12.4 Å². The number of nitrogens with one attached hydrogen (secondary N) is 1. The van der Waals surface area contributed by atoms with Crippen molar-refractivity contribution in [3.05, 3.63) is 52.0 Å². The molecule has 0 radical (unpaired) electrons. The summed E-state index contributed by atoms with van der Waals surface area (Å²) in [5.41, 5.74) is 1.36. The van der Waals surface area contributed by atoms with Crippen LogP contribution in [-0.2, 0) is 0 Å². The molecule has 3 nitrogen and oxygen atoms in total. The summed E-state index contributed by atoms with van der Waals surface area (Å²) in [6, 6.07) is 8.62. The van der Waals surface area contributed by atoms with Gasteiger partial charge in [0.25, 0.3) is 5.56 Å². The molecule has 14 heavy (non-hydrogen) atoms. The van der Waals surface area contributed by atoms with Gasteiger partial charge in [0, 0.05) is 16.7 Å². The van der Waals surface area contributed by atoms with Crippen molar-refractivity contribution in [1.29, 1.82) is 0 Å². The van der Waals surface area contributed by atoms with E-state index in [9.17, 15) is 4.79 Å². The normalized spacial score (nSPS) is 10.1. The lowest BCUT2D eigenvalue weighted by atomic mass is 10.1. The van der Waals surface area contributed by atoms with Crippen molar-refractivity contribution < 1.29 is 0 Å². The van der Waals surface area contributed by atoms with Crippen LogP contribution in [0.2, 0.25) is 5.02 Å². The second-order valence-electron chi connectivity index (χ2n) is 2.80. The van der Waals surface area contributed by atoms with Crippen LogP contribution in [0.4, 0.5) is 0 Å². The Kier molecular flexibility index (Phi) is 2.33. The third-order valence-corrected chi connectivity index (χ3v) is 2.07. The third-order valence-electron chi connectivity index (χ3n) is 1.82. The SMILES string of the molecule is O=c1cc(-c2ccc(Cl)cc2)nc[nH]1. The summed E-state index contributed by atoms with van der Waals surface area (Å²) in [4.78, 5) is 17.5. The number of aromatic amines is 1. The molecule has 0 atom stereocenters. The Bertz CT molecular complexity index is 490. The minimum atomic E-state index is -0.162. The first kappa shape index (κ1) is 8.97. The lowest BCUT2D eigenvalue weighted by Crippen LogP contribution is -2.04. The molecule has 2 aromatic rings. The van der Waals surface area contributed by atoms with Crippen LogP contribution in [-0.4, -0.2) is 9.97 Å². The molecule has 2 rings (SSSR count). The highest BCUT2D eigenvalue weighted by atomic mass is 35.5. The van der Waals surface area contributed by atoms with Gasteiger partial charge in [0.15, 0.2) is 0 Å². The van der Waals surface area contributed by atoms with Crippen molar-refractivity contribution in [2.24, 2.45) is 0 Å². The highest BCUT2D eigenvalue weighted by Crippen LogP contribution is 2.17. The molecule has 0 spiro atoms. The van der Waals surface area contributed by atoms with Crippen LogP contribution in [0.25, 0.3) is 11.3 Å². The lowest BCUT2D eigenvalue weighted by Gasteiger charge is -1.98. The number of hydrogen-bond acceptors (Lipinski definition) is 2. The van der Waals surface area contributed by atoms with Gasteiger partial charge >= 0.3 is 0 Å². The number of benzene rings is 1. The standard InChI is InChI=1S/C10H7ClN2O/c11-8-3-1-7(2-4-8)9-5-10(14)13-6-12-9/h1-6H,(H,12,13,14). The second-order valence-corrected chi connectivity index (χ2v) is 3.24. The molecule has 70 valence electrons. The molecule has 0 aliphatic carbocycles. The van der Waals surface area contributed by atoms with Crippen molar-refractivity contribution in [2.45, 2.75) is 0 Å². The molecule has 0 saturated heterocycles. The summed E-state index contributed by atoms with van der Waals surface area (Å²) in [6.07, 6.45) is 1.38. The Morgan fingerprint density at radius 2 is 1.93 bits per heavy atom. The van der Waals surface area contributed by atoms with Gasteiger partial charge in [-0.3, -0.25) is 4.79 Å². The van der Waals surface area contributed by atoms with E-state index in [0.29, 0.717) is 10.7 Å². The summed E-state index contributed by atoms with van der Waals surface area (Å²) in [5.74, 6) is 0. The average molecular weight is 207 g/mol. The van der Waals surface area contributed by atoms with Gasteiger partial charge in [0.2, 0.25) is 0 Å². The number of halogens is 1. The van der Waals surface area contributed by atoms with E-state index in [1.807, 2.05) is 12.1 Å². The van der Waals surface area contributed by atoms with Crippen LogP contribution in [0.3, 0.4) is 0 Å². The second kappa shape index (κ2) is 3.64. The van der Waals surface area contributed by atoms with Gasteiger partial charge in [-0.1, -0.05) is 23.7 Å². The topological polar surface area (TPSA) is 45.8 Å². The highest BCUT2D eigenvalue weighted by Gasteiger charge is 1.98. The average Bonchev–Trinajstić information content (AvgIpc) is 2.19. The molecule has 0 unspecified atom stereocenters. The summed E-state index contributed by atoms with van der Waals surface area (Å²) < 4.78 is 0. The first-order chi connectivity index (χ1) is 6.75. The van der Waals surface area contributed by atoms with Crippen molar-refractivity contribution in [3.63, 3.8) is 0 Å². The Balaban J connectivity index is 2.50. The van der Waals surface area contributed by atoms with Crippen molar-refractivity contribution in [1.82, 2.24) is 9.97 Å². The van der Waals surface area contributed by atoms with E-state index in [2.05, 4.69) is 9.97 Å².